The lowest BCUT2D eigenvalue weighted by atomic mass is 10.1. The topological polar surface area (TPSA) is 49.8 Å². The fourth-order valence-electron chi connectivity index (χ4n) is 1.82. The lowest BCUT2D eigenvalue weighted by molar-refractivity contribution is -0.137. The molecule has 0 aliphatic carbocycles. The van der Waals surface area contributed by atoms with Gasteiger partial charge in [-0.25, -0.2) is 4.39 Å². The summed E-state index contributed by atoms with van der Waals surface area (Å²) in [6, 6.07) is 0. The summed E-state index contributed by atoms with van der Waals surface area (Å²) in [5.74, 6) is -0.776. The summed E-state index contributed by atoms with van der Waals surface area (Å²) < 4.78 is 17.2. The third kappa shape index (κ3) is 5.09. The van der Waals surface area contributed by atoms with Gasteiger partial charge < -0.3 is 14.7 Å². The summed E-state index contributed by atoms with van der Waals surface area (Å²) in [6.07, 6.45) is 2.18. The van der Waals surface area contributed by atoms with Crippen LogP contribution in [0.2, 0.25) is 0 Å². The highest BCUT2D eigenvalue weighted by Gasteiger charge is 2.20. The van der Waals surface area contributed by atoms with Crippen LogP contribution in [0.5, 0.6) is 0 Å². The van der Waals surface area contributed by atoms with E-state index in [1.54, 1.807) is 0 Å². The Bertz CT molecular complexity index is 201. The highest BCUT2D eigenvalue weighted by Crippen LogP contribution is 2.13. The Balaban J connectivity index is 2.19. The molecule has 1 N–H and O–H groups in total. The molecule has 1 rings (SSSR count). The Morgan fingerprint density at radius 3 is 3.07 bits per heavy atom. The highest BCUT2D eigenvalue weighted by atomic mass is 19.1. The molecule has 4 nitrogen and oxygen atoms in total. The summed E-state index contributed by atoms with van der Waals surface area (Å²) in [5, 5.41) is 8.54. The molecule has 1 aliphatic heterocycles. The van der Waals surface area contributed by atoms with Crippen molar-refractivity contribution >= 4 is 5.97 Å². The Hall–Kier alpha value is -0.680. The molecule has 0 saturated carbocycles. The summed E-state index contributed by atoms with van der Waals surface area (Å²) in [5.41, 5.74) is 0. The Kier molecular flexibility index (Phi) is 5.57. The lowest BCUT2D eigenvalue weighted by Crippen LogP contribution is -2.40. The Morgan fingerprint density at radius 2 is 2.40 bits per heavy atom. The molecule has 0 aromatic carbocycles. The van der Waals surface area contributed by atoms with Crippen LogP contribution in [0.1, 0.15) is 19.3 Å². The van der Waals surface area contributed by atoms with Crippen LogP contribution >= 0.6 is 0 Å². The first-order chi connectivity index (χ1) is 7.22. The van der Waals surface area contributed by atoms with Crippen LogP contribution < -0.4 is 0 Å². The third-order valence-electron chi connectivity index (χ3n) is 2.53. The van der Waals surface area contributed by atoms with Gasteiger partial charge in [0.05, 0.1) is 19.1 Å². The molecule has 1 aliphatic rings. The molecule has 1 saturated heterocycles. The van der Waals surface area contributed by atoms with Gasteiger partial charge in [-0.15, -0.1) is 0 Å². The quantitative estimate of drug-likeness (QED) is 0.721. The van der Waals surface area contributed by atoms with Gasteiger partial charge in [-0.2, -0.15) is 0 Å². The molecular formula is C10H18FNO3. The van der Waals surface area contributed by atoms with Gasteiger partial charge in [0.25, 0.3) is 0 Å². The smallest absolute Gasteiger partial charge is 0.304 e. The zero-order valence-corrected chi connectivity index (χ0v) is 8.82. The molecule has 88 valence electrons. The van der Waals surface area contributed by atoms with E-state index in [2.05, 4.69) is 4.90 Å². The zero-order chi connectivity index (χ0) is 11.1. The van der Waals surface area contributed by atoms with E-state index < -0.39 is 12.6 Å². The predicted molar refractivity (Wildman–Crippen MR) is 53.6 cm³/mol. The largest absolute Gasteiger partial charge is 0.481 e. The van der Waals surface area contributed by atoms with Crippen LogP contribution in [0.15, 0.2) is 0 Å². The second-order valence-electron chi connectivity index (χ2n) is 3.77. The van der Waals surface area contributed by atoms with Gasteiger partial charge >= 0.3 is 5.97 Å². The van der Waals surface area contributed by atoms with Crippen LogP contribution in [0.3, 0.4) is 0 Å². The summed E-state index contributed by atoms with van der Waals surface area (Å²) in [6.45, 7) is 1.91. The summed E-state index contributed by atoms with van der Waals surface area (Å²) >= 11 is 0. The third-order valence-corrected chi connectivity index (χ3v) is 2.53. The van der Waals surface area contributed by atoms with Crippen LogP contribution in [0, 0.1) is 0 Å². The van der Waals surface area contributed by atoms with E-state index in [1.807, 2.05) is 0 Å². The molecule has 0 spiro atoms. The number of aliphatic carboxylic acids is 1. The predicted octanol–water partition coefficient (Wildman–Crippen LogP) is 0.912. The number of alkyl halides is 1. The maximum Gasteiger partial charge on any atom is 0.304 e. The number of halogens is 1. The number of carboxylic acids is 1. The average Bonchev–Trinajstić information content (AvgIpc) is 2.24. The molecule has 1 atom stereocenters. The minimum atomic E-state index is -0.776. The van der Waals surface area contributed by atoms with E-state index in [1.165, 1.54) is 0 Å². The van der Waals surface area contributed by atoms with Gasteiger partial charge in [0.2, 0.25) is 0 Å². The first kappa shape index (κ1) is 12.4. The number of hydrogen-bond acceptors (Lipinski definition) is 3. The molecule has 0 radical (unpaired) electrons. The van der Waals surface area contributed by atoms with Crippen LogP contribution in [-0.4, -0.2) is 55.0 Å². The van der Waals surface area contributed by atoms with Crippen molar-refractivity contribution in [1.29, 1.82) is 0 Å². The van der Waals surface area contributed by atoms with E-state index >= 15 is 0 Å². The van der Waals surface area contributed by atoms with Gasteiger partial charge in [-0.05, 0) is 19.4 Å². The summed E-state index contributed by atoms with van der Waals surface area (Å²) in [7, 11) is 0. The normalized spacial score (nSPS) is 22.9. The van der Waals surface area contributed by atoms with Gasteiger partial charge in [0, 0.05) is 13.1 Å². The lowest BCUT2D eigenvalue weighted by Gasteiger charge is -2.32. The zero-order valence-electron chi connectivity index (χ0n) is 8.82. The van der Waals surface area contributed by atoms with E-state index in [0.29, 0.717) is 6.54 Å². The van der Waals surface area contributed by atoms with Gasteiger partial charge in [0.1, 0.15) is 6.67 Å². The van der Waals surface area contributed by atoms with Gasteiger partial charge in [0.15, 0.2) is 0 Å². The number of nitrogens with zero attached hydrogens (tertiary/aromatic N) is 1. The number of piperidine rings is 1. The molecular weight excluding hydrogens is 201 g/mol. The van der Waals surface area contributed by atoms with Crippen molar-refractivity contribution in [2.75, 3.05) is 32.9 Å². The second kappa shape index (κ2) is 6.74. The standard InChI is InChI=1S/C10H18FNO3/c11-4-7-15-9-2-1-5-12(8-9)6-3-10(13)14/h9H,1-8H2,(H,13,14). The number of rotatable bonds is 6. The first-order valence-corrected chi connectivity index (χ1v) is 5.34. The number of carbonyl (C=O) groups is 1. The van der Waals surface area contributed by atoms with E-state index in [-0.39, 0.29) is 19.1 Å². The fraction of sp³-hybridized carbons (Fsp3) is 0.900. The molecule has 5 heteroatoms. The average molecular weight is 219 g/mol. The number of ether oxygens (including phenoxy) is 1. The molecule has 0 amide bonds. The Labute approximate surface area is 89.0 Å². The number of hydrogen-bond donors (Lipinski definition) is 1. The van der Waals surface area contributed by atoms with Crippen LogP contribution in [0.25, 0.3) is 0 Å². The minimum absolute atomic E-state index is 0.0725. The van der Waals surface area contributed by atoms with Crippen molar-refractivity contribution in [1.82, 2.24) is 4.90 Å². The molecule has 1 heterocycles. The Morgan fingerprint density at radius 1 is 1.60 bits per heavy atom. The molecule has 0 aromatic rings. The summed E-state index contributed by atoms with van der Waals surface area (Å²) in [4.78, 5) is 12.5. The molecule has 0 bridgehead atoms. The minimum Gasteiger partial charge on any atom is -0.481 e. The maximum absolute atomic E-state index is 11.9. The SMILES string of the molecule is O=C(O)CCN1CCCC(OCCF)C1. The molecule has 15 heavy (non-hydrogen) atoms. The number of carboxylic acid groups (broad SMARTS) is 1. The highest BCUT2D eigenvalue weighted by molar-refractivity contribution is 5.66. The molecule has 1 fully saturated rings. The van der Waals surface area contributed by atoms with Gasteiger partial charge in [-0.3, -0.25) is 4.79 Å². The first-order valence-electron chi connectivity index (χ1n) is 5.34. The van der Waals surface area contributed by atoms with Crippen molar-refractivity contribution in [3.8, 4) is 0 Å². The second-order valence-corrected chi connectivity index (χ2v) is 3.77. The van der Waals surface area contributed by atoms with Gasteiger partial charge in [-0.1, -0.05) is 0 Å². The van der Waals surface area contributed by atoms with E-state index in [9.17, 15) is 9.18 Å². The van der Waals surface area contributed by atoms with Crippen molar-refractivity contribution in [2.24, 2.45) is 0 Å². The van der Waals surface area contributed by atoms with Crippen molar-refractivity contribution in [3.05, 3.63) is 0 Å². The van der Waals surface area contributed by atoms with Crippen LogP contribution in [0.4, 0.5) is 4.39 Å². The van der Waals surface area contributed by atoms with Crippen molar-refractivity contribution < 1.29 is 19.0 Å². The fourth-order valence-corrected chi connectivity index (χ4v) is 1.82. The molecule has 1 unspecified atom stereocenters. The van der Waals surface area contributed by atoms with E-state index in [4.69, 9.17) is 9.84 Å². The van der Waals surface area contributed by atoms with Crippen LogP contribution in [-0.2, 0) is 9.53 Å². The monoisotopic (exact) mass is 219 g/mol. The molecule has 0 aromatic heterocycles. The van der Waals surface area contributed by atoms with E-state index in [0.717, 1.165) is 25.9 Å². The van der Waals surface area contributed by atoms with Crippen molar-refractivity contribution in [2.45, 2.75) is 25.4 Å². The van der Waals surface area contributed by atoms with Crippen molar-refractivity contribution in [3.63, 3.8) is 0 Å². The maximum atomic E-state index is 11.9. The number of likely N-dealkylation sites (tertiary alicyclic amines) is 1.